The number of amides is 6. The smallest absolute Gasteiger partial charge is 0.305 e. The minimum Gasteiger partial charge on any atom is -0.481 e. The number of nitrogens with zero attached hydrogens (tertiary/aromatic N) is 2. The quantitative estimate of drug-likeness (QED) is 0.0409. The van der Waals surface area contributed by atoms with Crippen molar-refractivity contribution < 1.29 is 128 Å². The van der Waals surface area contributed by atoms with E-state index in [0.29, 0.717) is 32.6 Å². The van der Waals surface area contributed by atoms with E-state index in [9.17, 15) is 38.7 Å². The molecule has 0 unspecified atom stereocenters. The van der Waals surface area contributed by atoms with Gasteiger partial charge in [0.25, 0.3) is 0 Å². The summed E-state index contributed by atoms with van der Waals surface area (Å²) >= 11 is 0. The minimum atomic E-state index is -1.34. The maximum atomic E-state index is 12.9. The Morgan fingerprint density at radius 1 is 0.750 bits per heavy atom. The van der Waals surface area contributed by atoms with Crippen LogP contribution in [-0.2, 0) is 43.0 Å². The van der Waals surface area contributed by atoms with Crippen LogP contribution < -0.4 is 26.6 Å². The fourth-order valence-electron chi connectivity index (χ4n) is 3.95. The molecule has 19 heteroatoms. The van der Waals surface area contributed by atoms with Crippen LogP contribution in [0, 0.1) is 99.6 Å². The fourth-order valence-corrected chi connectivity index (χ4v) is 3.95. The first-order chi connectivity index (χ1) is 21.6. The van der Waals surface area contributed by atoms with Gasteiger partial charge in [0.1, 0.15) is 12.1 Å². The second-order valence-electron chi connectivity index (χ2n) is 10.8. The maximum absolute atomic E-state index is 12.9. The van der Waals surface area contributed by atoms with Crippen LogP contribution in [0.1, 0.15) is 33.6 Å². The van der Waals surface area contributed by atoms with E-state index in [1.54, 1.807) is 4.90 Å². The van der Waals surface area contributed by atoms with E-state index in [2.05, 4.69) is 40.4 Å². The van der Waals surface area contributed by atoms with Crippen molar-refractivity contribution in [2.75, 3.05) is 79.3 Å². The summed E-state index contributed by atoms with van der Waals surface area (Å²) in [6.45, 7) is 13.9. The molecule has 0 fully saturated rings. The second kappa shape index (κ2) is 30.4. The molecule has 0 aromatic heterocycles. The van der Waals surface area contributed by atoms with Crippen molar-refractivity contribution in [2.45, 2.75) is 45.7 Å². The van der Waals surface area contributed by atoms with Crippen LogP contribution in [0.25, 0.3) is 0 Å². The summed E-state index contributed by atoms with van der Waals surface area (Å²) in [7, 11) is 1.47. The van der Waals surface area contributed by atoms with Crippen LogP contribution in [0.4, 0.5) is 0 Å². The number of hydrogen-bond donors (Lipinski definition) is 6. The SMILES string of the molecule is [CH2-]C(=O)NCCN(CCNC([CH2-])=O)CC(=O)NCCOCCOCCNC(=O)[C@H](CC(=O)O)NC(=O)[C@H](CC(C)C)N(C)C(C)=O.[Gd].[Gd]. The Labute approximate surface area is 347 Å². The number of carboxylic acids is 1. The van der Waals surface area contributed by atoms with Gasteiger partial charge < -0.3 is 69.5 Å². The van der Waals surface area contributed by atoms with E-state index in [1.807, 2.05) is 13.8 Å². The van der Waals surface area contributed by atoms with E-state index in [-0.39, 0.29) is 144 Å². The number of aliphatic carboxylic acids is 1. The topological polar surface area (TPSA) is 225 Å². The number of likely N-dealkylation sites (N-methyl/N-ethyl adjacent to an activating group) is 1. The number of ether oxygens (including phenoxy) is 2. The van der Waals surface area contributed by atoms with E-state index in [4.69, 9.17) is 9.47 Å². The van der Waals surface area contributed by atoms with Gasteiger partial charge in [0, 0.05) is 133 Å². The molecule has 6 N–H and O–H groups in total. The standard InChI is InChI=1S/C29H51N7O10.2Gd/c1-20(2)17-25(35(6)23(5)39)29(44)34-24(18-27(41)42)28(43)33-10-14-46-16-15-45-13-9-32-26(40)19-36(11-7-30-21(3)37)12-8-31-22(4)38;;/h20,24-25H,3-4,7-19H2,1-2,5-6H3,(H,30,37)(H,31,38)(H,32,40)(H,33,43)(H,34,44)(H,41,42);;/q-2;;/t24-,25-;;/m0../s1. The predicted octanol–water partition coefficient (Wildman–Crippen LogP) is -2.69. The first-order valence-corrected chi connectivity index (χ1v) is 15.0. The molecule has 0 spiro atoms. The van der Waals surface area contributed by atoms with Gasteiger partial charge in [-0.3, -0.25) is 28.9 Å². The van der Waals surface area contributed by atoms with Gasteiger partial charge >= 0.3 is 5.97 Å². The number of hydrogen-bond acceptors (Lipinski definition) is 10. The molecule has 6 amide bonds. The Balaban J connectivity index is -0.0000101. The maximum Gasteiger partial charge on any atom is 0.305 e. The molecule has 0 rings (SSSR count). The second-order valence-corrected chi connectivity index (χ2v) is 10.8. The summed E-state index contributed by atoms with van der Waals surface area (Å²) in [5, 5.41) is 22.0. The molecule has 0 heterocycles. The summed E-state index contributed by atoms with van der Waals surface area (Å²) in [4.78, 5) is 85.9. The summed E-state index contributed by atoms with van der Waals surface area (Å²) in [6, 6.07) is -2.19. The van der Waals surface area contributed by atoms with Gasteiger partial charge in [-0.15, -0.1) is 0 Å². The van der Waals surface area contributed by atoms with Gasteiger partial charge in [-0.1, -0.05) is 13.8 Å². The molecular weight excluding hydrogens is 921 g/mol. The van der Waals surface area contributed by atoms with Crippen LogP contribution in [0.5, 0.6) is 0 Å². The molecule has 17 nitrogen and oxygen atoms in total. The van der Waals surface area contributed by atoms with Gasteiger partial charge in [-0.25, -0.2) is 0 Å². The van der Waals surface area contributed by atoms with Crippen molar-refractivity contribution in [3.63, 3.8) is 0 Å². The average Bonchev–Trinajstić information content (AvgIpc) is 2.94. The Morgan fingerprint density at radius 2 is 1.25 bits per heavy atom. The van der Waals surface area contributed by atoms with Crippen LogP contribution >= 0.6 is 0 Å². The number of carbonyl (C=O) groups excluding carboxylic acids is 6. The third-order valence-corrected chi connectivity index (χ3v) is 6.33. The van der Waals surface area contributed by atoms with E-state index < -0.39 is 48.1 Å². The van der Waals surface area contributed by atoms with Gasteiger partial charge in [0.05, 0.1) is 51.2 Å². The summed E-state index contributed by atoms with van der Waals surface area (Å²) in [5.41, 5.74) is 0. The van der Waals surface area contributed by atoms with Crippen molar-refractivity contribution in [3.05, 3.63) is 13.8 Å². The van der Waals surface area contributed by atoms with Crippen LogP contribution in [-0.4, -0.2) is 148 Å². The van der Waals surface area contributed by atoms with E-state index in [1.165, 1.54) is 18.9 Å². The molecule has 0 saturated heterocycles. The largest absolute Gasteiger partial charge is 0.481 e. The Bertz CT molecular complexity index is 987. The van der Waals surface area contributed by atoms with Crippen molar-refractivity contribution in [1.29, 1.82) is 0 Å². The molecule has 0 radical (unpaired) electrons. The number of rotatable bonds is 25. The minimum absolute atomic E-state index is 0. The molecule has 280 valence electrons. The zero-order valence-corrected chi connectivity index (χ0v) is 32.6. The molecule has 0 bridgehead atoms. The monoisotopic (exact) mass is 973 g/mol. The fraction of sp³-hybridized carbons (Fsp3) is 0.690. The van der Waals surface area contributed by atoms with Gasteiger partial charge in [-0.2, -0.15) is 0 Å². The first kappa shape index (κ1) is 50.9. The number of carboxylic acid groups (broad SMARTS) is 1. The summed E-state index contributed by atoms with van der Waals surface area (Å²) < 4.78 is 10.8. The molecule has 0 aliphatic rings. The Kier molecular flexibility index (Phi) is 32.2. The van der Waals surface area contributed by atoms with Gasteiger partial charge in [-0.05, 0) is 12.3 Å². The molecular formula is C29H51Gd2N7O10-2. The third-order valence-electron chi connectivity index (χ3n) is 6.33. The van der Waals surface area contributed by atoms with Gasteiger partial charge in [0.15, 0.2) is 0 Å². The Hall–Kier alpha value is -1.44. The molecule has 0 aromatic rings. The zero-order chi connectivity index (χ0) is 35.1. The summed E-state index contributed by atoms with van der Waals surface area (Å²) in [6.07, 6.45) is -0.300. The zero-order valence-electron chi connectivity index (χ0n) is 28.1. The van der Waals surface area contributed by atoms with Crippen LogP contribution in [0.15, 0.2) is 0 Å². The normalized spacial score (nSPS) is 11.6. The first-order valence-electron chi connectivity index (χ1n) is 15.0. The molecule has 0 saturated carbocycles. The molecule has 0 aliphatic heterocycles. The van der Waals surface area contributed by atoms with Crippen molar-refractivity contribution in [3.8, 4) is 0 Å². The molecule has 48 heavy (non-hydrogen) atoms. The van der Waals surface area contributed by atoms with Crippen LogP contribution in [0.2, 0.25) is 0 Å². The van der Waals surface area contributed by atoms with E-state index >= 15 is 0 Å². The Morgan fingerprint density at radius 3 is 1.69 bits per heavy atom. The van der Waals surface area contributed by atoms with Crippen molar-refractivity contribution >= 4 is 41.4 Å². The van der Waals surface area contributed by atoms with Gasteiger partial charge in [0.2, 0.25) is 23.6 Å². The van der Waals surface area contributed by atoms with E-state index in [0.717, 1.165) is 0 Å². The van der Waals surface area contributed by atoms with Crippen molar-refractivity contribution in [1.82, 2.24) is 36.4 Å². The predicted molar refractivity (Wildman–Crippen MR) is 167 cm³/mol. The average molecular weight is 972 g/mol. The van der Waals surface area contributed by atoms with Crippen LogP contribution in [0.3, 0.4) is 0 Å². The van der Waals surface area contributed by atoms with Crippen molar-refractivity contribution in [2.24, 2.45) is 5.92 Å². The number of nitrogens with one attached hydrogen (secondary N) is 5. The molecule has 2 atom stereocenters. The molecule has 0 aromatic carbocycles. The third kappa shape index (κ3) is 27.4. The number of carbonyl (C=O) groups is 7. The molecule has 0 aliphatic carbocycles. The summed E-state index contributed by atoms with van der Waals surface area (Å²) in [5.74, 6) is -3.99.